The van der Waals surface area contributed by atoms with Crippen LogP contribution in [-0.2, 0) is 6.54 Å². The number of hydrogen-bond acceptors (Lipinski definition) is 4. The fraction of sp³-hybridized carbons (Fsp3) is 0.455. The molecule has 1 rings (SSSR count). The van der Waals surface area contributed by atoms with Crippen LogP contribution in [0.15, 0.2) is 16.5 Å². The van der Waals surface area contributed by atoms with Crippen LogP contribution in [0.3, 0.4) is 0 Å². The average Bonchev–Trinajstić information content (AvgIpc) is 2.81. The molecule has 0 aliphatic carbocycles. The number of carbonyl (C=O) groups excluding carboxylic acids is 1. The van der Waals surface area contributed by atoms with Crippen molar-refractivity contribution < 1.29 is 19.1 Å². The summed E-state index contributed by atoms with van der Waals surface area (Å²) < 4.78 is 5.01. The van der Waals surface area contributed by atoms with Crippen molar-refractivity contribution in [3.05, 3.63) is 23.7 Å². The quantitative estimate of drug-likeness (QED) is 0.681. The fourth-order valence-corrected chi connectivity index (χ4v) is 1.27. The molecule has 0 fully saturated rings. The van der Waals surface area contributed by atoms with Gasteiger partial charge in [0.15, 0.2) is 0 Å². The molecule has 0 saturated heterocycles. The van der Waals surface area contributed by atoms with E-state index in [-0.39, 0.29) is 18.3 Å². The van der Waals surface area contributed by atoms with E-state index in [1.165, 1.54) is 17.0 Å². The van der Waals surface area contributed by atoms with E-state index in [9.17, 15) is 9.59 Å². The summed E-state index contributed by atoms with van der Waals surface area (Å²) in [5, 5.41) is 14.2. The van der Waals surface area contributed by atoms with Crippen molar-refractivity contribution in [3.63, 3.8) is 0 Å². The number of furan rings is 1. The highest BCUT2D eigenvalue weighted by Gasteiger charge is 2.11. The maximum Gasteiger partial charge on any atom is 0.371 e. The number of amides is 2. The summed E-state index contributed by atoms with van der Waals surface area (Å²) in [6, 6.07) is 2.64. The van der Waals surface area contributed by atoms with Crippen LogP contribution >= 0.6 is 0 Å². The molecule has 0 atom stereocenters. The van der Waals surface area contributed by atoms with E-state index in [0.29, 0.717) is 18.8 Å². The molecule has 100 valence electrons. The van der Waals surface area contributed by atoms with Gasteiger partial charge in [0, 0.05) is 20.1 Å². The maximum atomic E-state index is 11.6. The van der Waals surface area contributed by atoms with Gasteiger partial charge in [-0.25, -0.2) is 9.59 Å². The molecule has 7 nitrogen and oxygen atoms in total. The van der Waals surface area contributed by atoms with E-state index in [0.717, 1.165) is 0 Å². The van der Waals surface area contributed by atoms with Gasteiger partial charge in [-0.1, -0.05) is 0 Å². The number of rotatable bonds is 6. The smallest absolute Gasteiger partial charge is 0.371 e. The summed E-state index contributed by atoms with van der Waals surface area (Å²) in [6.07, 6.45) is 0. The number of aromatic carboxylic acids is 1. The zero-order valence-corrected chi connectivity index (χ0v) is 10.4. The second-order valence-electron chi connectivity index (χ2n) is 3.75. The van der Waals surface area contributed by atoms with Crippen LogP contribution in [0, 0.1) is 0 Å². The number of likely N-dealkylation sites (N-methyl/N-ethyl adjacent to an activating group) is 2. The Morgan fingerprint density at radius 2 is 2.17 bits per heavy atom. The lowest BCUT2D eigenvalue weighted by Gasteiger charge is -2.17. The summed E-state index contributed by atoms with van der Waals surface area (Å²) in [4.78, 5) is 23.7. The molecule has 3 N–H and O–H groups in total. The van der Waals surface area contributed by atoms with E-state index in [4.69, 9.17) is 9.52 Å². The van der Waals surface area contributed by atoms with E-state index in [1.54, 1.807) is 7.05 Å². The van der Waals surface area contributed by atoms with Gasteiger partial charge in [-0.15, -0.1) is 0 Å². The standard InChI is InChI=1S/C11H17N3O4/c1-12-5-6-14(2)11(17)13-7-8-3-4-9(18-8)10(15)16/h3-4,12H,5-7H2,1-2H3,(H,13,17)(H,15,16). The van der Waals surface area contributed by atoms with Gasteiger partial charge >= 0.3 is 12.0 Å². The Morgan fingerprint density at radius 1 is 1.44 bits per heavy atom. The van der Waals surface area contributed by atoms with Crippen LogP contribution in [0.2, 0.25) is 0 Å². The Kier molecular flexibility index (Phi) is 5.19. The molecule has 0 aliphatic heterocycles. The van der Waals surface area contributed by atoms with Crippen LogP contribution in [0.1, 0.15) is 16.3 Å². The molecule has 2 amide bonds. The fourth-order valence-electron chi connectivity index (χ4n) is 1.27. The SMILES string of the molecule is CNCCN(C)C(=O)NCc1ccc(C(=O)O)o1. The third-order valence-corrected chi connectivity index (χ3v) is 2.33. The molecular weight excluding hydrogens is 238 g/mol. The van der Waals surface area contributed by atoms with Crippen LogP contribution in [0.25, 0.3) is 0 Å². The third kappa shape index (κ3) is 4.10. The molecule has 0 radical (unpaired) electrons. The summed E-state index contributed by atoms with van der Waals surface area (Å²) in [6.45, 7) is 1.45. The van der Waals surface area contributed by atoms with Crippen LogP contribution < -0.4 is 10.6 Å². The minimum atomic E-state index is -1.13. The molecule has 0 aromatic carbocycles. The lowest BCUT2D eigenvalue weighted by Crippen LogP contribution is -2.39. The van der Waals surface area contributed by atoms with Crippen molar-refractivity contribution in [1.29, 1.82) is 0 Å². The first-order valence-electron chi connectivity index (χ1n) is 5.50. The first-order valence-corrected chi connectivity index (χ1v) is 5.50. The van der Waals surface area contributed by atoms with Crippen molar-refractivity contribution in [2.24, 2.45) is 0 Å². The highest BCUT2D eigenvalue weighted by Crippen LogP contribution is 2.07. The van der Waals surface area contributed by atoms with Gasteiger partial charge in [-0.05, 0) is 19.2 Å². The first-order chi connectivity index (χ1) is 8.54. The van der Waals surface area contributed by atoms with E-state index in [2.05, 4.69) is 10.6 Å². The molecule has 0 aliphatic rings. The molecule has 1 aromatic rings. The normalized spacial score (nSPS) is 10.1. The molecule has 0 spiro atoms. The van der Waals surface area contributed by atoms with Gasteiger partial charge in [0.2, 0.25) is 5.76 Å². The number of nitrogens with one attached hydrogen (secondary N) is 2. The van der Waals surface area contributed by atoms with Crippen molar-refractivity contribution in [1.82, 2.24) is 15.5 Å². The van der Waals surface area contributed by atoms with Crippen molar-refractivity contribution in [2.75, 3.05) is 27.2 Å². The number of carbonyl (C=O) groups is 2. The summed E-state index contributed by atoms with van der Waals surface area (Å²) in [5.74, 6) is -0.857. The molecule has 1 heterocycles. The molecule has 0 unspecified atom stereocenters. The number of carboxylic acid groups (broad SMARTS) is 1. The minimum Gasteiger partial charge on any atom is -0.475 e. The second-order valence-corrected chi connectivity index (χ2v) is 3.75. The summed E-state index contributed by atoms with van der Waals surface area (Å²) >= 11 is 0. The largest absolute Gasteiger partial charge is 0.475 e. The Labute approximate surface area is 105 Å². The van der Waals surface area contributed by atoms with Gasteiger partial charge in [0.25, 0.3) is 0 Å². The predicted octanol–water partition coefficient (Wildman–Crippen LogP) is 0.339. The van der Waals surface area contributed by atoms with E-state index < -0.39 is 5.97 Å². The lowest BCUT2D eigenvalue weighted by atomic mass is 10.4. The minimum absolute atomic E-state index is 0.136. The molecule has 1 aromatic heterocycles. The zero-order valence-electron chi connectivity index (χ0n) is 10.4. The second kappa shape index (κ2) is 6.65. The number of urea groups is 1. The van der Waals surface area contributed by atoms with Gasteiger partial charge in [0.05, 0.1) is 6.54 Å². The molecule has 18 heavy (non-hydrogen) atoms. The lowest BCUT2D eigenvalue weighted by molar-refractivity contribution is 0.0660. The van der Waals surface area contributed by atoms with E-state index >= 15 is 0 Å². The Hall–Kier alpha value is -2.02. The molecule has 0 saturated carbocycles. The van der Waals surface area contributed by atoms with Gasteiger partial charge in [0.1, 0.15) is 5.76 Å². The van der Waals surface area contributed by atoms with E-state index in [1.807, 2.05) is 7.05 Å². The Bertz CT molecular complexity index is 416. The number of nitrogens with zero attached hydrogens (tertiary/aromatic N) is 1. The molecule has 7 heteroatoms. The maximum absolute atomic E-state index is 11.6. The topological polar surface area (TPSA) is 94.8 Å². The van der Waals surface area contributed by atoms with Gasteiger partial charge < -0.3 is 25.1 Å². The molecular formula is C11H17N3O4. The monoisotopic (exact) mass is 255 g/mol. The summed E-state index contributed by atoms with van der Waals surface area (Å²) in [7, 11) is 3.49. The van der Waals surface area contributed by atoms with Crippen molar-refractivity contribution in [2.45, 2.75) is 6.54 Å². The third-order valence-electron chi connectivity index (χ3n) is 2.33. The highest BCUT2D eigenvalue weighted by molar-refractivity contribution is 5.84. The summed E-state index contributed by atoms with van der Waals surface area (Å²) in [5.41, 5.74) is 0. The van der Waals surface area contributed by atoms with Crippen molar-refractivity contribution >= 4 is 12.0 Å². The van der Waals surface area contributed by atoms with Crippen LogP contribution in [-0.4, -0.2) is 49.2 Å². The average molecular weight is 255 g/mol. The van der Waals surface area contributed by atoms with Gasteiger partial charge in [-0.2, -0.15) is 0 Å². The number of carboxylic acids is 1. The zero-order chi connectivity index (χ0) is 13.5. The Balaban J connectivity index is 2.39. The number of hydrogen-bond donors (Lipinski definition) is 3. The predicted molar refractivity (Wildman–Crippen MR) is 64.5 cm³/mol. The first kappa shape index (κ1) is 14.0. The van der Waals surface area contributed by atoms with Crippen LogP contribution in [0.5, 0.6) is 0 Å². The van der Waals surface area contributed by atoms with Gasteiger partial charge in [-0.3, -0.25) is 0 Å². The Morgan fingerprint density at radius 3 is 2.72 bits per heavy atom. The highest BCUT2D eigenvalue weighted by atomic mass is 16.4. The van der Waals surface area contributed by atoms with Crippen LogP contribution in [0.4, 0.5) is 4.79 Å². The molecule has 0 bridgehead atoms. The van der Waals surface area contributed by atoms with Crippen molar-refractivity contribution in [3.8, 4) is 0 Å².